The third-order valence-electron chi connectivity index (χ3n) is 2.42. The maximum atomic E-state index is 11.6. The summed E-state index contributed by atoms with van der Waals surface area (Å²) in [4.78, 5) is 0. The van der Waals surface area contributed by atoms with Gasteiger partial charge >= 0.3 is 0 Å². The molecule has 78 valence electrons. The lowest BCUT2D eigenvalue weighted by Crippen LogP contribution is -2.25. The van der Waals surface area contributed by atoms with Crippen LogP contribution < -0.4 is 5.32 Å². The lowest BCUT2D eigenvalue weighted by molar-refractivity contribution is 0.422. The summed E-state index contributed by atoms with van der Waals surface area (Å²) in [6.07, 6.45) is 1.66. The third-order valence-corrected chi connectivity index (χ3v) is 4.07. The molecular weight excluding hydrogens is 198 g/mol. The first-order valence-electron chi connectivity index (χ1n) is 4.87. The molecule has 0 bridgehead atoms. The molecule has 1 aromatic rings. The van der Waals surface area contributed by atoms with Gasteiger partial charge in [-0.3, -0.25) is 4.21 Å². The summed E-state index contributed by atoms with van der Waals surface area (Å²) >= 11 is 0. The topological polar surface area (TPSA) is 42.2 Å². The van der Waals surface area contributed by atoms with Crippen LogP contribution in [-0.4, -0.2) is 22.3 Å². The fraction of sp³-hybridized carbons (Fsp3) is 0.600. The van der Waals surface area contributed by atoms with E-state index in [1.165, 1.54) is 0 Å². The maximum Gasteiger partial charge on any atom is 0.121 e. The highest BCUT2D eigenvalue weighted by Gasteiger charge is 2.22. The van der Waals surface area contributed by atoms with Gasteiger partial charge in [0.25, 0.3) is 0 Å². The Balaban J connectivity index is 2.10. The summed E-state index contributed by atoms with van der Waals surface area (Å²) < 4.78 is 16.9. The van der Waals surface area contributed by atoms with Gasteiger partial charge in [-0.2, -0.15) is 0 Å². The number of rotatable bonds is 1. The summed E-state index contributed by atoms with van der Waals surface area (Å²) in [7, 11) is -0.725. The highest BCUT2D eigenvalue weighted by atomic mass is 32.2. The molecule has 0 saturated carbocycles. The molecule has 3 unspecified atom stereocenters. The van der Waals surface area contributed by atoms with E-state index in [4.69, 9.17) is 4.42 Å². The van der Waals surface area contributed by atoms with E-state index >= 15 is 0 Å². The van der Waals surface area contributed by atoms with Crippen LogP contribution in [0.2, 0.25) is 0 Å². The molecule has 0 aliphatic carbocycles. The molecule has 2 rings (SSSR count). The molecule has 0 spiro atoms. The van der Waals surface area contributed by atoms with Gasteiger partial charge in [-0.15, -0.1) is 0 Å². The van der Waals surface area contributed by atoms with Crippen LogP contribution in [0, 0.1) is 5.92 Å². The molecule has 1 saturated heterocycles. The number of hydrogen-bond donors (Lipinski definition) is 1. The summed E-state index contributed by atoms with van der Waals surface area (Å²) in [5.74, 6) is 2.84. The Hall–Kier alpha value is -0.610. The Morgan fingerprint density at radius 1 is 1.57 bits per heavy atom. The van der Waals surface area contributed by atoms with Crippen molar-refractivity contribution in [1.29, 1.82) is 0 Å². The monoisotopic (exact) mass is 213 g/mol. The smallest absolute Gasteiger partial charge is 0.121 e. The van der Waals surface area contributed by atoms with Crippen molar-refractivity contribution in [2.75, 3.05) is 18.1 Å². The Kier molecular flexibility index (Phi) is 3.03. The third kappa shape index (κ3) is 2.25. The van der Waals surface area contributed by atoms with Crippen LogP contribution in [-0.2, 0) is 10.8 Å². The van der Waals surface area contributed by atoms with Crippen molar-refractivity contribution in [3.8, 4) is 0 Å². The van der Waals surface area contributed by atoms with Gasteiger partial charge in [-0.1, -0.05) is 6.92 Å². The van der Waals surface area contributed by atoms with Crippen LogP contribution in [0.1, 0.15) is 18.7 Å². The highest BCUT2D eigenvalue weighted by Crippen LogP contribution is 2.18. The van der Waals surface area contributed by atoms with E-state index in [2.05, 4.69) is 12.2 Å². The Bertz CT molecular complexity index is 310. The molecule has 1 N–H and O–H groups in total. The standard InChI is InChI=1S/C10H15NO2S/c1-8-5-11-9(7-14(12)6-8)10-3-2-4-13-10/h2-4,8-9,11H,5-7H2,1H3. The lowest BCUT2D eigenvalue weighted by Gasteiger charge is -2.12. The molecule has 0 radical (unpaired) electrons. The average Bonchev–Trinajstić information content (AvgIpc) is 2.59. The Morgan fingerprint density at radius 3 is 3.14 bits per heavy atom. The van der Waals surface area contributed by atoms with E-state index in [0.717, 1.165) is 18.1 Å². The summed E-state index contributed by atoms with van der Waals surface area (Å²) in [6.45, 7) is 3.03. The molecule has 1 aromatic heterocycles. The quantitative estimate of drug-likeness (QED) is 0.764. The zero-order valence-corrected chi connectivity index (χ0v) is 9.05. The first kappa shape index (κ1) is 9.93. The minimum Gasteiger partial charge on any atom is -0.468 e. The highest BCUT2D eigenvalue weighted by molar-refractivity contribution is 7.85. The largest absolute Gasteiger partial charge is 0.468 e. The van der Waals surface area contributed by atoms with E-state index in [1.807, 2.05) is 12.1 Å². The molecule has 4 heteroatoms. The van der Waals surface area contributed by atoms with E-state index in [1.54, 1.807) is 6.26 Å². The van der Waals surface area contributed by atoms with Crippen molar-refractivity contribution in [3.05, 3.63) is 24.2 Å². The van der Waals surface area contributed by atoms with Crippen LogP contribution in [0.15, 0.2) is 22.8 Å². The molecule has 1 fully saturated rings. The summed E-state index contributed by atoms with van der Waals surface area (Å²) in [5, 5.41) is 3.38. The SMILES string of the molecule is CC1CNC(c2ccco2)CS(=O)C1. The van der Waals surface area contributed by atoms with Crippen molar-refractivity contribution >= 4 is 10.8 Å². The predicted octanol–water partition coefficient (Wildman–Crippen LogP) is 1.31. The molecule has 3 nitrogen and oxygen atoms in total. The van der Waals surface area contributed by atoms with Gasteiger partial charge in [0.15, 0.2) is 0 Å². The van der Waals surface area contributed by atoms with Crippen LogP contribution >= 0.6 is 0 Å². The Morgan fingerprint density at radius 2 is 2.43 bits per heavy atom. The average molecular weight is 213 g/mol. The van der Waals surface area contributed by atoms with E-state index < -0.39 is 10.8 Å². The van der Waals surface area contributed by atoms with Gasteiger partial charge in [-0.05, 0) is 24.6 Å². The zero-order valence-electron chi connectivity index (χ0n) is 8.23. The maximum absolute atomic E-state index is 11.6. The molecule has 0 aromatic carbocycles. The first-order valence-corrected chi connectivity index (χ1v) is 6.36. The second-order valence-corrected chi connectivity index (χ2v) is 5.40. The van der Waals surface area contributed by atoms with Gasteiger partial charge < -0.3 is 9.73 Å². The number of furan rings is 1. The number of nitrogens with one attached hydrogen (secondary N) is 1. The number of hydrogen-bond acceptors (Lipinski definition) is 3. The van der Waals surface area contributed by atoms with Crippen LogP contribution in [0.4, 0.5) is 0 Å². The summed E-state index contributed by atoms with van der Waals surface area (Å²) in [5.41, 5.74) is 0. The van der Waals surface area contributed by atoms with Crippen LogP contribution in [0.5, 0.6) is 0 Å². The van der Waals surface area contributed by atoms with Gasteiger partial charge in [0, 0.05) is 22.3 Å². The van der Waals surface area contributed by atoms with Gasteiger partial charge in [-0.25, -0.2) is 0 Å². The van der Waals surface area contributed by atoms with Crippen LogP contribution in [0.3, 0.4) is 0 Å². The zero-order chi connectivity index (χ0) is 9.97. The van der Waals surface area contributed by atoms with Crippen molar-refractivity contribution in [3.63, 3.8) is 0 Å². The molecule has 1 aliphatic heterocycles. The lowest BCUT2D eigenvalue weighted by atomic mass is 10.2. The molecule has 1 aliphatic rings. The molecular formula is C10H15NO2S. The fourth-order valence-electron chi connectivity index (χ4n) is 1.70. The normalized spacial score (nSPS) is 33.9. The van der Waals surface area contributed by atoms with Crippen LogP contribution in [0.25, 0.3) is 0 Å². The summed E-state index contributed by atoms with van der Waals surface area (Å²) in [6, 6.07) is 3.93. The predicted molar refractivity (Wildman–Crippen MR) is 56.5 cm³/mol. The minimum absolute atomic E-state index is 0.121. The molecule has 2 heterocycles. The van der Waals surface area contributed by atoms with Crippen molar-refractivity contribution in [1.82, 2.24) is 5.32 Å². The van der Waals surface area contributed by atoms with Crippen molar-refractivity contribution in [2.45, 2.75) is 13.0 Å². The van der Waals surface area contributed by atoms with E-state index in [9.17, 15) is 4.21 Å². The first-order chi connectivity index (χ1) is 6.75. The fourth-order valence-corrected chi connectivity index (χ4v) is 3.25. The van der Waals surface area contributed by atoms with E-state index in [-0.39, 0.29) is 6.04 Å². The second-order valence-electron chi connectivity index (χ2n) is 3.85. The molecule has 0 amide bonds. The minimum atomic E-state index is -0.725. The van der Waals surface area contributed by atoms with Crippen molar-refractivity contribution < 1.29 is 8.63 Å². The second kappa shape index (κ2) is 4.28. The molecule has 14 heavy (non-hydrogen) atoms. The Labute approximate surface area is 86.3 Å². The van der Waals surface area contributed by atoms with E-state index in [0.29, 0.717) is 11.7 Å². The van der Waals surface area contributed by atoms with Gasteiger partial charge in [0.1, 0.15) is 5.76 Å². The van der Waals surface area contributed by atoms with Crippen molar-refractivity contribution in [2.24, 2.45) is 5.92 Å². The van der Waals surface area contributed by atoms with Gasteiger partial charge in [0.2, 0.25) is 0 Å². The molecule has 3 atom stereocenters. The van der Waals surface area contributed by atoms with Gasteiger partial charge in [0.05, 0.1) is 12.3 Å².